The van der Waals surface area contributed by atoms with Gasteiger partial charge in [0.2, 0.25) is 0 Å². The van der Waals surface area contributed by atoms with E-state index in [0.717, 1.165) is 22.3 Å². The number of carbonyl (C=O) groups is 1. The minimum Gasteiger partial charge on any atom is -0.503 e. The molecule has 0 fully saturated rings. The summed E-state index contributed by atoms with van der Waals surface area (Å²) >= 11 is 0. The van der Waals surface area contributed by atoms with Gasteiger partial charge in [0, 0.05) is 12.1 Å². The van der Waals surface area contributed by atoms with E-state index in [1.807, 2.05) is 79.7 Å². The van der Waals surface area contributed by atoms with Gasteiger partial charge in [-0.3, -0.25) is 4.79 Å². The van der Waals surface area contributed by atoms with E-state index >= 15 is 0 Å². The molecule has 0 aromatic heterocycles. The highest BCUT2D eigenvalue weighted by Gasteiger charge is 2.40. The van der Waals surface area contributed by atoms with Crippen LogP contribution in [0.3, 0.4) is 0 Å². The average molecular weight is 430 g/mol. The van der Waals surface area contributed by atoms with Crippen molar-refractivity contribution in [3.8, 4) is 11.5 Å². The number of hydrogen-bond acceptors (Lipinski definition) is 4. The number of rotatable bonds is 7. The Bertz CT molecular complexity index is 1140. The Morgan fingerprint density at radius 2 is 1.59 bits per heavy atom. The molecule has 3 aromatic rings. The first kappa shape index (κ1) is 21.5. The Morgan fingerprint density at radius 3 is 2.25 bits per heavy atom. The van der Waals surface area contributed by atoms with Crippen molar-refractivity contribution in [2.75, 3.05) is 20.8 Å². The van der Waals surface area contributed by atoms with Crippen LogP contribution >= 0.6 is 0 Å². The van der Waals surface area contributed by atoms with Gasteiger partial charge in [-0.15, -0.1) is 0 Å². The summed E-state index contributed by atoms with van der Waals surface area (Å²) in [5.74, 6) is 0.777. The smallest absolute Gasteiger partial charge is 0.289 e. The van der Waals surface area contributed by atoms with Crippen LogP contribution in [-0.4, -0.2) is 36.7 Å². The summed E-state index contributed by atoms with van der Waals surface area (Å²) in [5.41, 5.74) is 4.62. The van der Waals surface area contributed by atoms with Crippen LogP contribution in [0.1, 0.15) is 28.3 Å². The Kier molecular flexibility index (Phi) is 6.17. The standard InChI is InChI=1S/C27H27NO4/c1-18-9-12-21(13-10-18)25-24(20-7-5-4-6-8-20)26(29)27(30)28(25)16-15-19-11-14-22(31-2)23(17-19)32-3/h4-14,17,25,29H,15-16H2,1-3H3/t25-/m1/s1. The van der Waals surface area contributed by atoms with Crippen LogP contribution in [0.25, 0.3) is 5.57 Å². The number of aliphatic hydroxyl groups is 1. The summed E-state index contributed by atoms with van der Waals surface area (Å²) in [6, 6.07) is 23.1. The van der Waals surface area contributed by atoms with Gasteiger partial charge in [0.25, 0.3) is 5.91 Å². The van der Waals surface area contributed by atoms with Crippen molar-refractivity contribution in [3.63, 3.8) is 0 Å². The van der Waals surface area contributed by atoms with E-state index in [1.54, 1.807) is 19.1 Å². The highest BCUT2D eigenvalue weighted by Crippen LogP contribution is 2.43. The van der Waals surface area contributed by atoms with Gasteiger partial charge < -0.3 is 19.5 Å². The zero-order valence-corrected chi connectivity index (χ0v) is 18.5. The van der Waals surface area contributed by atoms with Crippen LogP contribution < -0.4 is 9.47 Å². The number of nitrogens with zero attached hydrogens (tertiary/aromatic N) is 1. The molecule has 0 spiro atoms. The number of ether oxygens (including phenoxy) is 2. The van der Waals surface area contributed by atoms with Gasteiger partial charge in [-0.2, -0.15) is 0 Å². The van der Waals surface area contributed by atoms with Crippen molar-refractivity contribution in [2.24, 2.45) is 0 Å². The molecule has 1 amide bonds. The lowest BCUT2D eigenvalue weighted by molar-refractivity contribution is -0.129. The molecule has 1 aliphatic heterocycles. The summed E-state index contributed by atoms with van der Waals surface area (Å²) < 4.78 is 10.7. The maximum Gasteiger partial charge on any atom is 0.289 e. The van der Waals surface area contributed by atoms with E-state index in [0.29, 0.717) is 30.0 Å². The topological polar surface area (TPSA) is 59.0 Å². The van der Waals surface area contributed by atoms with E-state index in [2.05, 4.69) is 0 Å². The number of carbonyl (C=O) groups excluding carboxylic acids is 1. The van der Waals surface area contributed by atoms with Crippen molar-refractivity contribution in [3.05, 3.63) is 101 Å². The number of aliphatic hydroxyl groups excluding tert-OH is 1. The highest BCUT2D eigenvalue weighted by molar-refractivity contribution is 6.05. The number of hydrogen-bond donors (Lipinski definition) is 1. The zero-order valence-electron chi connectivity index (χ0n) is 18.5. The van der Waals surface area contributed by atoms with Gasteiger partial charge in [-0.1, -0.05) is 66.2 Å². The lowest BCUT2D eigenvalue weighted by atomic mass is 9.93. The minimum atomic E-state index is -0.356. The molecule has 5 heteroatoms. The molecule has 1 heterocycles. The van der Waals surface area contributed by atoms with Crippen molar-refractivity contribution >= 4 is 11.5 Å². The van der Waals surface area contributed by atoms with E-state index < -0.39 is 0 Å². The van der Waals surface area contributed by atoms with Crippen LogP contribution in [0.2, 0.25) is 0 Å². The van der Waals surface area contributed by atoms with E-state index in [1.165, 1.54) is 0 Å². The lowest BCUT2D eigenvalue weighted by Gasteiger charge is -2.27. The number of amides is 1. The SMILES string of the molecule is COc1ccc(CCN2C(=O)C(O)=C(c3ccccc3)[C@H]2c2ccc(C)cc2)cc1OC. The van der Waals surface area contributed by atoms with Crippen molar-refractivity contribution < 1.29 is 19.4 Å². The third-order valence-electron chi connectivity index (χ3n) is 5.87. The molecule has 1 N–H and O–H groups in total. The minimum absolute atomic E-state index is 0.186. The summed E-state index contributed by atoms with van der Waals surface area (Å²) in [6.45, 7) is 2.48. The largest absolute Gasteiger partial charge is 0.503 e. The normalized spacial score (nSPS) is 15.9. The molecule has 0 saturated heterocycles. The summed E-state index contributed by atoms with van der Waals surface area (Å²) in [7, 11) is 3.21. The molecule has 0 radical (unpaired) electrons. The molecule has 0 saturated carbocycles. The van der Waals surface area contributed by atoms with Gasteiger partial charge >= 0.3 is 0 Å². The molecule has 4 rings (SSSR count). The van der Waals surface area contributed by atoms with Crippen LogP contribution in [0, 0.1) is 6.92 Å². The average Bonchev–Trinajstić information content (AvgIpc) is 3.08. The summed E-state index contributed by atoms with van der Waals surface area (Å²) in [4.78, 5) is 14.9. The van der Waals surface area contributed by atoms with Crippen LogP contribution in [0.15, 0.2) is 78.6 Å². The van der Waals surface area contributed by atoms with E-state index in [4.69, 9.17) is 9.47 Å². The number of aryl methyl sites for hydroxylation is 1. The molecule has 0 bridgehead atoms. The van der Waals surface area contributed by atoms with Gasteiger partial charge in [-0.05, 0) is 42.2 Å². The highest BCUT2D eigenvalue weighted by atomic mass is 16.5. The Morgan fingerprint density at radius 1 is 0.906 bits per heavy atom. The first-order valence-corrected chi connectivity index (χ1v) is 10.6. The first-order chi connectivity index (χ1) is 15.5. The fraction of sp³-hybridized carbons (Fsp3) is 0.222. The third-order valence-corrected chi connectivity index (χ3v) is 5.87. The zero-order chi connectivity index (χ0) is 22.7. The maximum absolute atomic E-state index is 13.2. The second-order valence-corrected chi connectivity index (χ2v) is 7.88. The Balaban J connectivity index is 1.68. The first-order valence-electron chi connectivity index (χ1n) is 10.6. The number of methoxy groups -OCH3 is 2. The fourth-order valence-electron chi connectivity index (χ4n) is 4.18. The van der Waals surface area contributed by atoms with Crippen LogP contribution in [0.5, 0.6) is 11.5 Å². The monoisotopic (exact) mass is 429 g/mol. The van der Waals surface area contributed by atoms with Crippen LogP contribution in [-0.2, 0) is 11.2 Å². The number of benzene rings is 3. The Hall–Kier alpha value is -3.73. The fourth-order valence-corrected chi connectivity index (χ4v) is 4.18. The van der Waals surface area contributed by atoms with Crippen LogP contribution in [0.4, 0.5) is 0 Å². The third kappa shape index (κ3) is 4.06. The van der Waals surface area contributed by atoms with Crippen molar-refractivity contribution in [2.45, 2.75) is 19.4 Å². The van der Waals surface area contributed by atoms with Gasteiger partial charge in [0.05, 0.1) is 20.3 Å². The molecule has 0 unspecified atom stereocenters. The predicted molar refractivity (Wildman–Crippen MR) is 125 cm³/mol. The molecule has 164 valence electrons. The molecule has 0 aliphatic carbocycles. The quantitative estimate of drug-likeness (QED) is 0.567. The lowest BCUT2D eigenvalue weighted by Crippen LogP contribution is -2.32. The molecule has 5 nitrogen and oxygen atoms in total. The Labute approximate surface area is 188 Å². The predicted octanol–water partition coefficient (Wildman–Crippen LogP) is 5.11. The molecule has 1 aliphatic rings. The van der Waals surface area contributed by atoms with E-state index in [9.17, 15) is 9.90 Å². The second-order valence-electron chi connectivity index (χ2n) is 7.88. The maximum atomic E-state index is 13.2. The van der Waals surface area contributed by atoms with Gasteiger partial charge in [-0.25, -0.2) is 0 Å². The van der Waals surface area contributed by atoms with Gasteiger partial charge in [0.1, 0.15) is 0 Å². The molecule has 32 heavy (non-hydrogen) atoms. The molecule has 1 atom stereocenters. The van der Waals surface area contributed by atoms with Crippen molar-refractivity contribution in [1.82, 2.24) is 4.90 Å². The molecular formula is C27H27NO4. The van der Waals surface area contributed by atoms with E-state index in [-0.39, 0.29) is 17.7 Å². The summed E-state index contributed by atoms with van der Waals surface area (Å²) in [5, 5.41) is 10.9. The molecule has 3 aromatic carbocycles. The molecular weight excluding hydrogens is 402 g/mol. The summed E-state index contributed by atoms with van der Waals surface area (Å²) in [6.07, 6.45) is 0.615. The van der Waals surface area contributed by atoms with Crippen molar-refractivity contribution in [1.29, 1.82) is 0 Å². The van der Waals surface area contributed by atoms with Gasteiger partial charge in [0.15, 0.2) is 17.3 Å². The second kappa shape index (κ2) is 9.18.